The van der Waals surface area contributed by atoms with E-state index in [9.17, 15) is 4.79 Å². The van der Waals surface area contributed by atoms with Gasteiger partial charge < -0.3 is 9.72 Å². The Morgan fingerprint density at radius 3 is 2.74 bits per heavy atom. The molecule has 2 heterocycles. The minimum Gasteiger partial charge on any atom is -0.469 e. The highest BCUT2D eigenvalue weighted by Gasteiger charge is 2.22. The number of carbonyl (C=O) groups excluding carboxylic acids is 1. The van der Waals surface area contributed by atoms with Gasteiger partial charge in [-0.25, -0.2) is 4.98 Å². The van der Waals surface area contributed by atoms with Gasteiger partial charge in [0, 0.05) is 30.4 Å². The summed E-state index contributed by atoms with van der Waals surface area (Å²) in [5, 5.41) is 0. The lowest BCUT2D eigenvalue weighted by molar-refractivity contribution is -0.142. The van der Waals surface area contributed by atoms with Crippen LogP contribution < -0.4 is 0 Å². The maximum Gasteiger partial charge on any atom is 0.305 e. The normalized spacial score (nSPS) is 16.4. The summed E-state index contributed by atoms with van der Waals surface area (Å²) >= 11 is 0. The van der Waals surface area contributed by atoms with Crippen LogP contribution in [-0.4, -0.2) is 41.0 Å². The molecule has 1 saturated heterocycles. The summed E-state index contributed by atoms with van der Waals surface area (Å²) in [6.45, 7) is 2.91. The molecular weight excluding hydrogens is 290 g/mol. The molecule has 0 unspecified atom stereocenters. The number of hydrogen-bond donors (Lipinski definition) is 1. The zero-order chi connectivity index (χ0) is 16.1. The quantitative estimate of drug-likeness (QED) is 0.862. The fourth-order valence-electron chi connectivity index (χ4n) is 3.09. The molecule has 2 aromatic rings. The van der Waals surface area contributed by atoms with Gasteiger partial charge in [-0.2, -0.15) is 0 Å². The van der Waals surface area contributed by atoms with Crippen LogP contribution >= 0.6 is 0 Å². The number of hydrogen-bond acceptors (Lipinski definition) is 4. The highest BCUT2D eigenvalue weighted by Crippen LogP contribution is 2.22. The second-order valence-corrected chi connectivity index (χ2v) is 6.12. The Kier molecular flexibility index (Phi) is 5.08. The molecule has 122 valence electrons. The lowest BCUT2D eigenvalue weighted by atomic mass is 9.93. The van der Waals surface area contributed by atoms with Crippen LogP contribution in [0, 0.1) is 5.92 Å². The molecule has 5 nitrogen and oxygen atoms in total. The number of aromatic amines is 1. The molecule has 0 atom stereocenters. The van der Waals surface area contributed by atoms with E-state index in [0.29, 0.717) is 12.3 Å². The summed E-state index contributed by atoms with van der Waals surface area (Å²) in [6.07, 6.45) is 4.57. The van der Waals surface area contributed by atoms with Crippen LogP contribution in [0.3, 0.4) is 0 Å². The average Bonchev–Trinajstić information content (AvgIpc) is 3.06. The number of nitrogens with zero attached hydrogens (tertiary/aromatic N) is 2. The van der Waals surface area contributed by atoms with Crippen molar-refractivity contribution in [2.45, 2.75) is 25.8 Å². The highest BCUT2D eigenvalue weighted by atomic mass is 16.5. The van der Waals surface area contributed by atoms with E-state index >= 15 is 0 Å². The number of methoxy groups -OCH3 is 1. The summed E-state index contributed by atoms with van der Waals surface area (Å²) in [7, 11) is 1.46. The van der Waals surface area contributed by atoms with Crippen molar-refractivity contribution in [3.63, 3.8) is 0 Å². The van der Waals surface area contributed by atoms with Gasteiger partial charge in [0.2, 0.25) is 0 Å². The van der Waals surface area contributed by atoms with E-state index in [-0.39, 0.29) is 5.97 Å². The van der Waals surface area contributed by atoms with Crippen LogP contribution in [0.1, 0.15) is 25.0 Å². The van der Waals surface area contributed by atoms with Crippen molar-refractivity contribution < 1.29 is 9.53 Å². The van der Waals surface area contributed by atoms with Crippen LogP contribution in [0.5, 0.6) is 0 Å². The molecule has 1 aliphatic rings. The molecule has 5 heteroatoms. The smallest absolute Gasteiger partial charge is 0.305 e. The summed E-state index contributed by atoms with van der Waals surface area (Å²) < 4.78 is 4.75. The number of benzene rings is 1. The van der Waals surface area contributed by atoms with Gasteiger partial charge >= 0.3 is 5.97 Å². The first-order valence-corrected chi connectivity index (χ1v) is 8.13. The highest BCUT2D eigenvalue weighted by molar-refractivity contribution is 5.69. The Bertz CT molecular complexity index is 631. The molecule has 1 aromatic heterocycles. The number of imidazole rings is 1. The van der Waals surface area contributed by atoms with Gasteiger partial charge in [0.25, 0.3) is 0 Å². The number of aromatic nitrogens is 2. The van der Waals surface area contributed by atoms with E-state index in [1.165, 1.54) is 7.11 Å². The van der Waals surface area contributed by atoms with E-state index in [4.69, 9.17) is 4.74 Å². The lowest BCUT2D eigenvalue weighted by Gasteiger charge is -2.31. The van der Waals surface area contributed by atoms with Gasteiger partial charge in [-0.3, -0.25) is 9.69 Å². The van der Waals surface area contributed by atoms with Crippen molar-refractivity contribution in [3.8, 4) is 11.4 Å². The fourth-order valence-corrected chi connectivity index (χ4v) is 3.09. The fraction of sp³-hybridized carbons (Fsp3) is 0.444. The van der Waals surface area contributed by atoms with Gasteiger partial charge in [0.15, 0.2) is 0 Å². The topological polar surface area (TPSA) is 58.2 Å². The van der Waals surface area contributed by atoms with Crippen molar-refractivity contribution >= 4 is 5.97 Å². The largest absolute Gasteiger partial charge is 0.469 e. The van der Waals surface area contributed by atoms with Crippen LogP contribution in [0.15, 0.2) is 36.5 Å². The first-order valence-electron chi connectivity index (χ1n) is 8.13. The van der Waals surface area contributed by atoms with Crippen molar-refractivity contribution in [1.29, 1.82) is 0 Å². The lowest BCUT2D eigenvalue weighted by Crippen LogP contribution is -2.34. The third kappa shape index (κ3) is 4.20. The maximum atomic E-state index is 11.3. The molecule has 0 aliphatic carbocycles. The van der Waals surface area contributed by atoms with E-state index in [0.717, 1.165) is 49.6 Å². The molecule has 0 spiro atoms. The minimum absolute atomic E-state index is 0.0930. The van der Waals surface area contributed by atoms with Crippen molar-refractivity contribution in [2.75, 3.05) is 20.2 Å². The minimum atomic E-state index is -0.0930. The predicted molar refractivity (Wildman–Crippen MR) is 88.7 cm³/mol. The number of esters is 1. The summed E-state index contributed by atoms with van der Waals surface area (Å²) in [4.78, 5) is 21.6. The van der Waals surface area contributed by atoms with Gasteiger partial charge in [0.05, 0.1) is 7.11 Å². The van der Waals surface area contributed by atoms with Gasteiger partial charge in [-0.1, -0.05) is 30.3 Å². The summed E-state index contributed by atoms with van der Waals surface area (Å²) in [5.74, 6) is 1.28. The molecule has 1 fully saturated rings. The van der Waals surface area contributed by atoms with Crippen molar-refractivity contribution in [1.82, 2.24) is 14.9 Å². The van der Waals surface area contributed by atoms with Crippen LogP contribution in [0.25, 0.3) is 11.4 Å². The van der Waals surface area contributed by atoms with E-state index in [1.807, 2.05) is 24.4 Å². The Balaban J connectivity index is 1.51. The monoisotopic (exact) mass is 313 g/mol. The van der Waals surface area contributed by atoms with Gasteiger partial charge in [0.1, 0.15) is 5.82 Å². The molecule has 0 bridgehead atoms. The molecule has 0 radical (unpaired) electrons. The number of rotatable bonds is 5. The molecule has 0 amide bonds. The number of carbonyl (C=O) groups is 1. The zero-order valence-corrected chi connectivity index (χ0v) is 13.5. The average molecular weight is 313 g/mol. The van der Waals surface area contributed by atoms with E-state index < -0.39 is 0 Å². The third-order valence-electron chi connectivity index (χ3n) is 4.46. The van der Waals surface area contributed by atoms with E-state index in [2.05, 4.69) is 27.0 Å². The van der Waals surface area contributed by atoms with Gasteiger partial charge in [-0.15, -0.1) is 0 Å². The number of ether oxygens (including phenoxy) is 1. The van der Waals surface area contributed by atoms with Crippen molar-refractivity contribution in [3.05, 3.63) is 42.2 Å². The maximum absolute atomic E-state index is 11.3. The second kappa shape index (κ2) is 7.42. The number of H-pyrrole nitrogens is 1. The van der Waals surface area contributed by atoms with E-state index in [1.54, 1.807) is 0 Å². The van der Waals surface area contributed by atoms with Crippen molar-refractivity contribution in [2.24, 2.45) is 5.92 Å². The van der Waals surface area contributed by atoms with Gasteiger partial charge in [-0.05, 0) is 31.8 Å². The molecular formula is C18H23N3O2. The number of piperidine rings is 1. The van der Waals surface area contributed by atoms with Crippen LogP contribution in [-0.2, 0) is 16.1 Å². The molecule has 0 saturated carbocycles. The standard InChI is InChI=1S/C18H23N3O2/c1-23-17(22)11-14-7-9-21(10-8-14)13-16-12-19-18(20-16)15-5-3-2-4-6-15/h2-6,12,14H,7-11,13H2,1H3,(H,19,20). The van der Waals surface area contributed by atoms with Crippen LogP contribution in [0.4, 0.5) is 0 Å². The predicted octanol–water partition coefficient (Wildman–Crippen LogP) is 2.85. The van der Waals surface area contributed by atoms with Crippen LogP contribution in [0.2, 0.25) is 0 Å². The number of nitrogens with one attached hydrogen (secondary N) is 1. The molecule has 1 aliphatic heterocycles. The molecule has 23 heavy (non-hydrogen) atoms. The number of likely N-dealkylation sites (tertiary alicyclic amines) is 1. The Hall–Kier alpha value is -2.14. The SMILES string of the molecule is COC(=O)CC1CCN(Cc2cnc(-c3ccccc3)[nH]2)CC1. The summed E-state index contributed by atoms with van der Waals surface area (Å²) in [6, 6.07) is 10.2. The first kappa shape index (κ1) is 15.7. The zero-order valence-electron chi connectivity index (χ0n) is 13.5. The Morgan fingerprint density at radius 2 is 2.04 bits per heavy atom. The molecule has 1 aromatic carbocycles. The Morgan fingerprint density at radius 1 is 1.30 bits per heavy atom. The third-order valence-corrected chi connectivity index (χ3v) is 4.46. The summed E-state index contributed by atoms with van der Waals surface area (Å²) in [5.41, 5.74) is 2.24. The Labute approximate surface area is 136 Å². The molecule has 1 N–H and O–H groups in total. The first-order chi connectivity index (χ1) is 11.2. The second-order valence-electron chi connectivity index (χ2n) is 6.12. The molecule has 3 rings (SSSR count).